The van der Waals surface area contributed by atoms with Gasteiger partial charge in [-0.15, -0.1) is 0 Å². The first-order chi connectivity index (χ1) is 11.6. The van der Waals surface area contributed by atoms with Crippen LogP contribution in [0.5, 0.6) is 0 Å². The normalized spacial score (nSPS) is 32.9. The van der Waals surface area contributed by atoms with E-state index in [9.17, 15) is 9.50 Å². The fraction of sp³-hybridized carbons (Fsp3) is 0.765. The van der Waals surface area contributed by atoms with E-state index in [0.717, 1.165) is 25.7 Å². The number of nitrogens with zero attached hydrogens (tertiary/aromatic N) is 4. The smallest absolute Gasteiger partial charge is 0.227 e. The Morgan fingerprint density at radius 2 is 1.88 bits per heavy atom. The molecule has 6 nitrogen and oxygen atoms in total. The number of hydrogen-bond acceptors (Lipinski definition) is 6. The summed E-state index contributed by atoms with van der Waals surface area (Å²) in [5.74, 6) is 1.80. The fourth-order valence-electron chi connectivity index (χ4n) is 4.55. The predicted molar refractivity (Wildman–Crippen MR) is 88.7 cm³/mol. The van der Waals surface area contributed by atoms with Crippen molar-refractivity contribution in [3.05, 3.63) is 12.0 Å². The largest absolute Gasteiger partial charge is 0.393 e. The fourth-order valence-corrected chi connectivity index (χ4v) is 4.55. The molecule has 0 spiro atoms. The van der Waals surface area contributed by atoms with Crippen molar-refractivity contribution in [2.45, 2.75) is 37.8 Å². The molecule has 1 N–H and O–H groups in total. The lowest BCUT2D eigenvalue weighted by atomic mass is 10.0. The second-order valence-corrected chi connectivity index (χ2v) is 7.32. The van der Waals surface area contributed by atoms with Gasteiger partial charge in [-0.1, -0.05) is 0 Å². The molecule has 1 saturated heterocycles. The molecule has 2 unspecified atom stereocenters. The molecule has 1 aliphatic heterocycles. The number of anilines is 2. The van der Waals surface area contributed by atoms with Gasteiger partial charge in [-0.3, -0.25) is 0 Å². The van der Waals surface area contributed by atoms with Gasteiger partial charge in [0.05, 0.1) is 25.5 Å². The van der Waals surface area contributed by atoms with Gasteiger partial charge in [-0.25, -0.2) is 9.37 Å². The van der Waals surface area contributed by atoms with Crippen LogP contribution in [0.2, 0.25) is 0 Å². The highest BCUT2D eigenvalue weighted by atomic mass is 19.1. The summed E-state index contributed by atoms with van der Waals surface area (Å²) in [4.78, 5) is 12.7. The van der Waals surface area contributed by atoms with Crippen LogP contribution in [0.4, 0.5) is 16.2 Å². The maximum Gasteiger partial charge on any atom is 0.227 e. The monoisotopic (exact) mass is 336 g/mol. The summed E-state index contributed by atoms with van der Waals surface area (Å²) in [6.45, 7) is 2.51. The Balaban J connectivity index is 1.49. The standard InChI is InChI=1S/C17H25FN4O2/c1-21(13-6-11-8-14(23)9-12(11)7-13)17-19-10-15(18)16(20-17)22-2-4-24-5-3-22/h10-14,23H,2-9H2,1H3/t11-,12+,13?,14?. The van der Waals surface area contributed by atoms with Crippen molar-refractivity contribution in [2.75, 3.05) is 43.2 Å². The van der Waals surface area contributed by atoms with Crippen molar-refractivity contribution in [2.24, 2.45) is 11.8 Å². The molecule has 2 saturated carbocycles. The quantitative estimate of drug-likeness (QED) is 0.901. The van der Waals surface area contributed by atoms with Crippen LogP contribution < -0.4 is 9.80 Å². The van der Waals surface area contributed by atoms with E-state index < -0.39 is 0 Å². The second-order valence-electron chi connectivity index (χ2n) is 7.32. The molecule has 3 aliphatic rings. The Morgan fingerprint density at radius 1 is 1.21 bits per heavy atom. The molecule has 1 aromatic rings. The number of rotatable bonds is 3. The zero-order valence-electron chi connectivity index (χ0n) is 14.1. The molecule has 4 rings (SSSR count). The maximum atomic E-state index is 14.2. The molecule has 7 heteroatoms. The van der Waals surface area contributed by atoms with E-state index in [-0.39, 0.29) is 11.9 Å². The third-order valence-electron chi connectivity index (χ3n) is 5.85. The first kappa shape index (κ1) is 16.0. The van der Waals surface area contributed by atoms with Crippen molar-refractivity contribution >= 4 is 11.8 Å². The molecule has 132 valence electrons. The van der Waals surface area contributed by atoms with Crippen LogP contribution in [-0.2, 0) is 4.74 Å². The lowest BCUT2D eigenvalue weighted by molar-refractivity contribution is 0.122. The Hall–Kier alpha value is -1.47. The number of ether oxygens (including phenoxy) is 1. The molecule has 0 amide bonds. The van der Waals surface area contributed by atoms with Gasteiger partial charge in [-0.05, 0) is 37.5 Å². The predicted octanol–water partition coefficient (Wildman–Crippen LogP) is 1.44. The minimum absolute atomic E-state index is 0.124. The van der Waals surface area contributed by atoms with E-state index in [1.165, 1.54) is 6.20 Å². The van der Waals surface area contributed by atoms with Gasteiger partial charge in [0.15, 0.2) is 11.6 Å². The van der Waals surface area contributed by atoms with E-state index in [0.29, 0.717) is 55.9 Å². The Bertz CT molecular complexity index is 582. The van der Waals surface area contributed by atoms with Crippen LogP contribution in [0.25, 0.3) is 0 Å². The van der Waals surface area contributed by atoms with Crippen LogP contribution in [-0.4, -0.2) is 60.6 Å². The number of aliphatic hydroxyl groups is 1. The topological polar surface area (TPSA) is 61.7 Å². The van der Waals surface area contributed by atoms with Crippen LogP contribution in [0.15, 0.2) is 6.20 Å². The highest BCUT2D eigenvalue weighted by molar-refractivity contribution is 5.45. The Morgan fingerprint density at radius 3 is 2.54 bits per heavy atom. The number of aliphatic hydroxyl groups excluding tert-OH is 1. The van der Waals surface area contributed by atoms with E-state index in [1.807, 2.05) is 11.9 Å². The van der Waals surface area contributed by atoms with Gasteiger partial charge in [0.25, 0.3) is 0 Å². The molecular weight excluding hydrogens is 311 g/mol. The lowest BCUT2D eigenvalue weighted by Gasteiger charge is -2.30. The van der Waals surface area contributed by atoms with Gasteiger partial charge in [0.1, 0.15) is 0 Å². The van der Waals surface area contributed by atoms with Gasteiger partial charge < -0.3 is 19.6 Å². The minimum atomic E-state index is -0.375. The molecule has 3 fully saturated rings. The summed E-state index contributed by atoms with van der Waals surface area (Å²) in [5, 5.41) is 9.79. The van der Waals surface area contributed by atoms with Gasteiger partial charge >= 0.3 is 0 Å². The van der Waals surface area contributed by atoms with Gasteiger partial charge in [0.2, 0.25) is 5.95 Å². The molecule has 2 heterocycles. The van der Waals surface area contributed by atoms with Crippen molar-refractivity contribution in [3.63, 3.8) is 0 Å². The number of fused-ring (bicyclic) bond motifs is 1. The summed E-state index contributed by atoms with van der Waals surface area (Å²) >= 11 is 0. The molecule has 4 atom stereocenters. The number of morpholine rings is 1. The number of aromatic nitrogens is 2. The molecule has 0 aromatic carbocycles. The zero-order chi connectivity index (χ0) is 16.7. The highest BCUT2D eigenvalue weighted by Crippen LogP contribution is 2.45. The summed E-state index contributed by atoms with van der Waals surface area (Å²) < 4.78 is 19.5. The third-order valence-corrected chi connectivity index (χ3v) is 5.85. The number of halogens is 1. The van der Waals surface area contributed by atoms with Crippen molar-refractivity contribution < 1.29 is 14.2 Å². The maximum absolute atomic E-state index is 14.2. The molecule has 1 aromatic heterocycles. The molecule has 0 radical (unpaired) electrons. The van der Waals surface area contributed by atoms with Crippen LogP contribution in [0.1, 0.15) is 25.7 Å². The van der Waals surface area contributed by atoms with E-state index >= 15 is 0 Å². The van der Waals surface area contributed by atoms with E-state index in [2.05, 4.69) is 14.9 Å². The van der Waals surface area contributed by atoms with Crippen LogP contribution in [0, 0.1) is 17.7 Å². The molecule has 24 heavy (non-hydrogen) atoms. The second kappa shape index (κ2) is 6.44. The molecule has 0 bridgehead atoms. The molecule has 2 aliphatic carbocycles. The van der Waals surface area contributed by atoms with Crippen LogP contribution in [0.3, 0.4) is 0 Å². The summed E-state index contributed by atoms with van der Waals surface area (Å²) in [6.07, 6.45) is 5.11. The van der Waals surface area contributed by atoms with E-state index in [1.54, 1.807) is 0 Å². The third kappa shape index (κ3) is 2.95. The van der Waals surface area contributed by atoms with Gasteiger partial charge in [-0.2, -0.15) is 4.98 Å². The highest BCUT2D eigenvalue weighted by Gasteiger charge is 2.42. The summed E-state index contributed by atoms with van der Waals surface area (Å²) in [5.41, 5.74) is 0. The van der Waals surface area contributed by atoms with Crippen molar-refractivity contribution in [1.82, 2.24) is 9.97 Å². The first-order valence-electron chi connectivity index (χ1n) is 8.88. The van der Waals surface area contributed by atoms with Crippen molar-refractivity contribution in [3.8, 4) is 0 Å². The lowest BCUT2D eigenvalue weighted by Crippen LogP contribution is -2.38. The number of hydrogen-bond donors (Lipinski definition) is 1. The average molecular weight is 336 g/mol. The minimum Gasteiger partial charge on any atom is -0.393 e. The summed E-state index contributed by atoms with van der Waals surface area (Å²) in [7, 11) is 2.00. The Labute approximate surface area is 141 Å². The first-order valence-corrected chi connectivity index (χ1v) is 8.88. The zero-order valence-corrected chi connectivity index (χ0v) is 14.1. The SMILES string of the molecule is CN(c1ncc(F)c(N2CCOCC2)n1)C1C[C@H]2CC(O)C[C@H]2C1. The summed E-state index contributed by atoms with van der Waals surface area (Å²) in [6, 6.07) is 0.371. The Kier molecular flexibility index (Phi) is 4.30. The van der Waals surface area contributed by atoms with Gasteiger partial charge in [0, 0.05) is 26.2 Å². The van der Waals surface area contributed by atoms with Crippen molar-refractivity contribution in [1.29, 1.82) is 0 Å². The van der Waals surface area contributed by atoms with E-state index in [4.69, 9.17) is 4.74 Å². The van der Waals surface area contributed by atoms with Crippen LogP contribution >= 0.6 is 0 Å². The average Bonchev–Trinajstić information content (AvgIpc) is 3.13. The molecular formula is C17H25FN4O2.